The van der Waals surface area contributed by atoms with Crippen molar-refractivity contribution in [2.75, 3.05) is 6.54 Å². The van der Waals surface area contributed by atoms with Crippen LogP contribution in [-0.2, 0) is 6.54 Å². The largest absolute Gasteiger partial charge is 0.334 e. The van der Waals surface area contributed by atoms with Crippen molar-refractivity contribution >= 4 is 6.03 Å². The van der Waals surface area contributed by atoms with E-state index in [1.807, 2.05) is 37.3 Å². The number of amides is 2. The van der Waals surface area contributed by atoms with E-state index in [-0.39, 0.29) is 12.1 Å². The predicted molar refractivity (Wildman–Crippen MR) is 60.3 cm³/mol. The highest BCUT2D eigenvalue weighted by atomic mass is 16.2. The Morgan fingerprint density at radius 3 is 2.67 bits per heavy atom. The average molecular weight is 207 g/mol. The molecule has 2 amide bonds. The third kappa shape index (κ3) is 4.46. The van der Waals surface area contributed by atoms with Gasteiger partial charge in [-0.1, -0.05) is 30.3 Å². The van der Waals surface area contributed by atoms with Gasteiger partial charge in [0, 0.05) is 19.1 Å². The van der Waals surface area contributed by atoms with Gasteiger partial charge in [-0.05, 0) is 12.5 Å². The van der Waals surface area contributed by atoms with E-state index in [4.69, 9.17) is 5.73 Å². The van der Waals surface area contributed by atoms with Crippen LogP contribution in [0.25, 0.3) is 0 Å². The van der Waals surface area contributed by atoms with Gasteiger partial charge in [-0.15, -0.1) is 0 Å². The van der Waals surface area contributed by atoms with Crippen molar-refractivity contribution in [2.24, 2.45) is 5.73 Å². The Balaban J connectivity index is 2.29. The molecule has 0 aliphatic carbocycles. The number of hydrogen-bond donors (Lipinski definition) is 3. The normalized spacial score (nSPS) is 11.9. The predicted octanol–water partition coefficient (Wildman–Crippen LogP) is 0.833. The molecule has 1 atom stereocenters. The van der Waals surface area contributed by atoms with E-state index in [1.165, 1.54) is 0 Å². The zero-order valence-corrected chi connectivity index (χ0v) is 8.86. The number of nitrogens with two attached hydrogens (primary N) is 1. The molecule has 0 bridgehead atoms. The zero-order valence-electron chi connectivity index (χ0n) is 8.86. The topological polar surface area (TPSA) is 67.1 Å². The van der Waals surface area contributed by atoms with Crippen molar-refractivity contribution in [2.45, 2.75) is 19.5 Å². The van der Waals surface area contributed by atoms with Gasteiger partial charge < -0.3 is 16.4 Å². The Morgan fingerprint density at radius 1 is 1.40 bits per heavy atom. The summed E-state index contributed by atoms with van der Waals surface area (Å²) in [5, 5.41) is 5.48. The van der Waals surface area contributed by atoms with Crippen LogP contribution in [0.5, 0.6) is 0 Å². The molecule has 82 valence electrons. The van der Waals surface area contributed by atoms with Crippen molar-refractivity contribution < 1.29 is 4.79 Å². The summed E-state index contributed by atoms with van der Waals surface area (Å²) in [7, 11) is 0. The minimum absolute atomic E-state index is 0.000716. The van der Waals surface area contributed by atoms with E-state index in [9.17, 15) is 4.79 Å². The first-order valence-electron chi connectivity index (χ1n) is 5.00. The highest BCUT2D eigenvalue weighted by Gasteiger charge is 2.03. The fourth-order valence-electron chi connectivity index (χ4n) is 1.11. The Kier molecular flexibility index (Phi) is 4.63. The van der Waals surface area contributed by atoms with Crippen LogP contribution in [-0.4, -0.2) is 18.6 Å². The van der Waals surface area contributed by atoms with E-state index >= 15 is 0 Å². The lowest BCUT2D eigenvalue weighted by atomic mass is 10.2. The van der Waals surface area contributed by atoms with Crippen LogP contribution in [0, 0.1) is 0 Å². The summed E-state index contributed by atoms with van der Waals surface area (Å²) in [5.74, 6) is 0. The molecule has 4 heteroatoms. The van der Waals surface area contributed by atoms with Gasteiger partial charge in [-0.25, -0.2) is 4.79 Å². The van der Waals surface area contributed by atoms with Gasteiger partial charge in [0.15, 0.2) is 0 Å². The number of nitrogens with one attached hydrogen (secondary N) is 2. The van der Waals surface area contributed by atoms with Crippen LogP contribution in [0.2, 0.25) is 0 Å². The monoisotopic (exact) mass is 207 g/mol. The molecule has 0 saturated heterocycles. The number of hydrogen-bond acceptors (Lipinski definition) is 2. The summed E-state index contributed by atoms with van der Waals surface area (Å²) in [6.07, 6.45) is 0. The van der Waals surface area contributed by atoms with Crippen molar-refractivity contribution in [1.29, 1.82) is 0 Å². The number of carbonyl (C=O) groups excluding carboxylic acids is 1. The van der Waals surface area contributed by atoms with Crippen molar-refractivity contribution in [3.8, 4) is 0 Å². The van der Waals surface area contributed by atoms with Crippen LogP contribution in [0.3, 0.4) is 0 Å². The van der Waals surface area contributed by atoms with E-state index < -0.39 is 0 Å². The lowest BCUT2D eigenvalue weighted by Crippen LogP contribution is -2.43. The van der Waals surface area contributed by atoms with Gasteiger partial charge in [0.05, 0.1) is 0 Å². The van der Waals surface area contributed by atoms with E-state index in [0.717, 1.165) is 5.56 Å². The first-order chi connectivity index (χ1) is 7.22. The van der Waals surface area contributed by atoms with Crippen molar-refractivity contribution in [3.63, 3.8) is 0 Å². The Labute approximate surface area is 89.9 Å². The summed E-state index contributed by atoms with van der Waals surface area (Å²) in [6.45, 7) is 2.84. The van der Waals surface area contributed by atoms with Crippen LogP contribution < -0.4 is 16.4 Å². The summed E-state index contributed by atoms with van der Waals surface area (Å²) >= 11 is 0. The molecule has 4 N–H and O–H groups in total. The molecule has 0 fully saturated rings. The Hall–Kier alpha value is -1.55. The SMILES string of the molecule is C[C@H](CN)NC(=O)NCc1ccccc1. The molecule has 0 aliphatic rings. The number of carbonyl (C=O) groups is 1. The molecule has 1 rings (SSSR count). The van der Waals surface area contributed by atoms with Gasteiger partial charge in [-0.2, -0.15) is 0 Å². The third-order valence-electron chi connectivity index (χ3n) is 2.03. The molecular weight excluding hydrogens is 190 g/mol. The fraction of sp³-hybridized carbons (Fsp3) is 0.364. The van der Waals surface area contributed by atoms with Crippen molar-refractivity contribution in [1.82, 2.24) is 10.6 Å². The standard InChI is InChI=1S/C11H17N3O/c1-9(7-12)14-11(15)13-8-10-5-3-2-4-6-10/h2-6,9H,7-8,12H2,1H3,(H2,13,14,15)/t9-/m1/s1. The molecule has 1 aromatic rings. The van der Waals surface area contributed by atoms with Gasteiger partial charge in [0.2, 0.25) is 0 Å². The number of urea groups is 1. The summed E-state index contributed by atoms with van der Waals surface area (Å²) in [6, 6.07) is 9.58. The molecule has 15 heavy (non-hydrogen) atoms. The summed E-state index contributed by atoms with van der Waals surface area (Å²) in [5.41, 5.74) is 6.46. The van der Waals surface area contributed by atoms with Crippen LogP contribution in [0.15, 0.2) is 30.3 Å². The average Bonchev–Trinajstić information content (AvgIpc) is 2.27. The maximum Gasteiger partial charge on any atom is 0.315 e. The minimum Gasteiger partial charge on any atom is -0.334 e. The van der Waals surface area contributed by atoms with Gasteiger partial charge in [-0.3, -0.25) is 0 Å². The maximum absolute atomic E-state index is 11.3. The molecule has 0 spiro atoms. The molecule has 0 aliphatic heterocycles. The molecule has 4 nitrogen and oxygen atoms in total. The molecule has 0 aromatic heterocycles. The van der Waals surface area contributed by atoms with Crippen molar-refractivity contribution in [3.05, 3.63) is 35.9 Å². The minimum atomic E-state index is -0.184. The quantitative estimate of drug-likeness (QED) is 0.684. The first kappa shape index (κ1) is 11.5. The summed E-state index contributed by atoms with van der Waals surface area (Å²) < 4.78 is 0. The zero-order chi connectivity index (χ0) is 11.1. The third-order valence-corrected chi connectivity index (χ3v) is 2.03. The smallest absolute Gasteiger partial charge is 0.315 e. The Bertz CT molecular complexity index is 300. The van der Waals surface area contributed by atoms with Crippen LogP contribution >= 0.6 is 0 Å². The molecule has 0 unspecified atom stereocenters. The molecule has 0 heterocycles. The second kappa shape index (κ2) is 6.03. The van der Waals surface area contributed by atoms with E-state index in [0.29, 0.717) is 13.1 Å². The molecule has 0 saturated carbocycles. The Morgan fingerprint density at radius 2 is 2.07 bits per heavy atom. The second-order valence-corrected chi connectivity index (χ2v) is 3.45. The van der Waals surface area contributed by atoms with Crippen LogP contribution in [0.4, 0.5) is 4.79 Å². The van der Waals surface area contributed by atoms with Crippen LogP contribution in [0.1, 0.15) is 12.5 Å². The highest BCUT2D eigenvalue weighted by molar-refractivity contribution is 5.74. The molecule has 0 radical (unpaired) electrons. The van der Waals surface area contributed by atoms with Gasteiger partial charge >= 0.3 is 6.03 Å². The number of rotatable bonds is 4. The van der Waals surface area contributed by atoms with E-state index in [2.05, 4.69) is 10.6 Å². The lowest BCUT2D eigenvalue weighted by Gasteiger charge is -2.12. The van der Waals surface area contributed by atoms with Gasteiger partial charge in [0.1, 0.15) is 0 Å². The molecule has 1 aromatic carbocycles. The molecular formula is C11H17N3O. The first-order valence-corrected chi connectivity index (χ1v) is 5.00. The summed E-state index contributed by atoms with van der Waals surface area (Å²) in [4.78, 5) is 11.3. The van der Waals surface area contributed by atoms with E-state index in [1.54, 1.807) is 0 Å². The second-order valence-electron chi connectivity index (χ2n) is 3.45. The van der Waals surface area contributed by atoms with Gasteiger partial charge in [0.25, 0.3) is 0 Å². The maximum atomic E-state index is 11.3. The number of benzene rings is 1. The fourth-order valence-corrected chi connectivity index (χ4v) is 1.11. The highest BCUT2D eigenvalue weighted by Crippen LogP contribution is 1.96. The lowest BCUT2D eigenvalue weighted by molar-refractivity contribution is 0.237.